The highest BCUT2D eigenvalue weighted by Gasteiger charge is 2.30. The molecule has 1 heterocycles. The van der Waals surface area contributed by atoms with Gasteiger partial charge in [-0.15, -0.1) is 0 Å². The molecule has 0 bridgehead atoms. The molecule has 2 rings (SSSR count). The van der Waals surface area contributed by atoms with Gasteiger partial charge >= 0.3 is 0 Å². The van der Waals surface area contributed by atoms with Crippen LogP contribution in [0.2, 0.25) is 0 Å². The standard InChI is InChI=1S/C12H17NO2S/c1-4-10-7-16(14,15)12-9(3)5-8(2)6-11(12)13-10/h5-6,10,13H,4,7H2,1-3H3. The quantitative estimate of drug-likeness (QED) is 0.818. The normalized spacial score (nSPS) is 22.3. The zero-order valence-electron chi connectivity index (χ0n) is 9.87. The van der Waals surface area contributed by atoms with Crippen molar-refractivity contribution in [2.75, 3.05) is 11.1 Å². The van der Waals surface area contributed by atoms with Crippen LogP contribution >= 0.6 is 0 Å². The Hall–Kier alpha value is -1.03. The van der Waals surface area contributed by atoms with Gasteiger partial charge in [0.05, 0.1) is 16.3 Å². The molecule has 0 fully saturated rings. The van der Waals surface area contributed by atoms with Gasteiger partial charge in [0, 0.05) is 6.04 Å². The number of hydrogen-bond acceptors (Lipinski definition) is 3. The van der Waals surface area contributed by atoms with E-state index in [4.69, 9.17) is 0 Å². The summed E-state index contributed by atoms with van der Waals surface area (Å²) in [5.74, 6) is 0.209. The molecule has 3 nitrogen and oxygen atoms in total. The monoisotopic (exact) mass is 239 g/mol. The Morgan fingerprint density at radius 1 is 1.38 bits per heavy atom. The van der Waals surface area contributed by atoms with Crippen molar-refractivity contribution in [3.63, 3.8) is 0 Å². The first kappa shape index (κ1) is 11.5. The first-order chi connectivity index (χ1) is 7.44. The summed E-state index contributed by atoms with van der Waals surface area (Å²) < 4.78 is 24.3. The van der Waals surface area contributed by atoms with Crippen molar-refractivity contribution in [3.8, 4) is 0 Å². The highest BCUT2D eigenvalue weighted by Crippen LogP contribution is 2.33. The van der Waals surface area contributed by atoms with Gasteiger partial charge in [-0.25, -0.2) is 8.42 Å². The van der Waals surface area contributed by atoms with Crippen LogP contribution in [-0.2, 0) is 9.84 Å². The summed E-state index contributed by atoms with van der Waals surface area (Å²) in [6, 6.07) is 3.88. The second-order valence-electron chi connectivity index (χ2n) is 4.49. The molecule has 88 valence electrons. The predicted molar refractivity (Wildman–Crippen MR) is 65.7 cm³/mol. The lowest BCUT2D eigenvalue weighted by atomic mass is 10.1. The van der Waals surface area contributed by atoms with Gasteiger partial charge in [-0.3, -0.25) is 0 Å². The van der Waals surface area contributed by atoms with Crippen molar-refractivity contribution in [2.24, 2.45) is 0 Å². The molecule has 16 heavy (non-hydrogen) atoms. The van der Waals surface area contributed by atoms with E-state index in [1.54, 1.807) is 0 Å². The van der Waals surface area contributed by atoms with Crippen LogP contribution in [0.3, 0.4) is 0 Å². The Balaban J connectivity index is 2.64. The number of sulfone groups is 1. The highest BCUT2D eigenvalue weighted by atomic mass is 32.2. The van der Waals surface area contributed by atoms with Crippen molar-refractivity contribution >= 4 is 15.5 Å². The molecular formula is C12H17NO2S. The number of aryl methyl sites for hydroxylation is 2. The zero-order valence-corrected chi connectivity index (χ0v) is 10.7. The van der Waals surface area contributed by atoms with E-state index in [2.05, 4.69) is 5.32 Å². The number of anilines is 1. The van der Waals surface area contributed by atoms with Crippen LogP contribution < -0.4 is 5.32 Å². The van der Waals surface area contributed by atoms with E-state index >= 15 is 0 Å². The van der Waals surface area contributed by atoms with Gasteiger partial charge in [-0.1, -0.05) is 13.0 Å². The summed E-state index contributed by atoms with van der Waals surface area (Å²) in [5, 5.41) is 3.30. The lowest BCUT2D eigenvalue weighted by Gasteiger charge is -2.27. The molecule has 0 saturated heterocycles. The van der Waals surface area contributed by atoms with Crippen LogP contribution in [0.25, 0.3) is 0 Å². The number of benzene rings is 1. The van der Waals surface area contributed by atoms with Gasteiger partial charge in [-0.05, 0) is 37.5 Å². The van der Waals surface area contributed by atoms with E-state index in [-0.39, 0.29) is 11.8 Å². The number of nitrogens with one attached hydrogen (secondary N) is 1. The molecule has 0 amide bonds. The summed E-state index contributed by atoms with van der Waals surface area (Å²) in [6.45, 7) is 5.84. The molecule has 1 unspecified atom stereocenters. The minimum absolute atomic E-state index is 0.0405. The van der Waals surface area contributed by atoms with Crippen molar-refractivity contribution in [1.29, 1.82) is 0 Å². The average Bonchev–Trinajstić information content (AvgIpc) is 2.13. The first-order valence-electron chi connectivity index (χ1n) is 5.54. The Morgan fingerprint density at radius 3 is 2.69 bits per heavy atom. The summed E-state index contributed by atoms with van der Waals surface area (Å²) >= 11 is 0. The molecule has 1 N–H and O–H groups in total. The third-order valence-corrected chi connectivity index (χ3v) is 5.01. The summed E-state index contributed by atoms with van der Waals surface area (Å²) in [6.07, 6.45) is 0.825. The van der Waals surface area contributed by atoms with Gasteiger partial charge in [0.15, 0.2) is 9.84 Å². The molecular weight excluding hydrogens is 222 g/mol. The largest absolute Gasteiger partial charge is 0.380 e. The molecule has 1 atom stereocenters. The highest BCUT2D eigenvalue weighted by molar-refractivity contribution is 7.91. The molecule has 1 aliphatic rings. The summed E-state index contributed by atoms with van der Waals surface area (Å²) in [4.78, 5) is 0.489. The number of hydrogen-bond donors (Lipinski definition) is 1. The van der Waals surface area contributed by atoms with Crippen LogP contribution in [0.15, 0.2) is 17.0 Å². The molecule has 4 heteroatoms. The SMILES string of the molecule is CCC1CS(=O)(=O)c2c(C)cc(C)cc2N1. The fourth-order valence-corrected chi connectivity index (χ4v) is 4.32. The molecule has 0 saturated carbocycles. The number of fused-ring (bicyclic) bond motifs is 1. The third-order valence-electron chi connectivity index (χ3n) is 3.00. The van der Waals surface area contributed by atoms with Crippen molar-refractivity contribution in [1.82, 2.24) is 0 Å². The molecule has 0 aliphatic carbocycles. The van der Waals surface area contributed by atoms with Crippen molar-refractivity contribution in [3.05, 3.63) is 23.3 Å². The minimum Gasteiger partial charge on any atom is -0.380 e. The summed E-state index contributed by atoms with van der Waals surface area (Å²) in [5.41, 5.74) is 2.71. The second-order valence-corrected chi connectivity index (χ2v) is 6.46. The van der Waals surface area contributed by atoms with E-state index in [0.29, 0.717) is 4.90 Å². The fraction of sp³-hybridized carbons (Fsp3) is 0.500. The zero-order chi connectivity index (χ0) is 11.9. The Bertz CT molecular complexity index is 520. The number of rotatable bonds is 1. The van der Waals surface area contributed by atoms with Crippen LogP contribution in [0.1, 0.15) is 24.5 Å². The first-order valence-corrected chi connectivity index (χ1v) is 7.20. The fourth-order valence-electron chi connectivity index (χ4n) is 2.30. The molecule has 1 aromatic carbocycles. The Labute approximate surface area is 96.8 Å². The molecule has 0 spiro atoms. The van der Waals surface area contributed by atoms with Crippen molar-refractivity contribution in [2.45, 2.75) is 38.1 Å². The molecule has 0 radical (unpaired) electrons. The van der Waals surface area contributed by atoms with Gasteiger partial charge in [-0.2, -0.15) is 0 Å². The molecule has 0 aromatic heterocycles. The van der Waals surface area contributed by atoms with Crippen molar-refractivity contribution < 1.29 is 8.42 Å². The lowest BCUT2D eigenvalue weighted by Crippen LogP contribution is -2.34. The van der Waals surface area contributed by atoms with Gasteiger partial charge in [0.25, 0.3) is 0 Å². The van der Waals surface area contributed by atoms with Crippen LogP contribution in [0.4, 0.5) is 5.69 Å². The second kappa shape index (κ2) is 3.77. The van der Waals surface area contributed by atoms with Gasteiger partial charge in [0.2, 0.25) is 0 Å². The van der Waals surface area contributed by atoms with Gasteiger partial charge in [0.1, 0.15) is 0 Å². The maximum atomic E-state index is 12.1. The Kier molecular flexibility index (Phi) is 2.70. The predicted octanol–water partition coefficient (Wildman–Crippen LogP) is 2.28. The molecule has 1 aliphatic heterocycles. The van der Waals surface area contributed by atoms with E-state index < -0.39 is 9.84 Å². The van der Waals surface area contributed by atoms with E-state index in [0.717, 1.165) is 23.2 Å². The van der Waals surface area contributed by atoms with Crippen LogP contribution in [0.5, 0.6) is 0 Å². The van der Waals surface area contributed by atoms with E-state index in [1.165, 1.54) is 0 Å². The average molecular weight is 239 g/mol. The molecule has 1 aromatic rings. The summed E-state index contributed by atoms with van der Waals surface area (Å²) in [7, 11) is -3.11. The van der Waals surface area contributed by atoms with Crippen LogP contribution in [-0.4, -0.2) is 20.2 Å². The van der Waals surface area contributed by atoms with Gasteiger partial charge < -0.3 is 5.32 Å². The smallest absolute Gasteiger partial charge is 0.182 e. The Morgan fingerprint density at radius 2 is 2.06 bits per heavy atom. The third kappa shape index (κ3) is 1.82. The lowest BCUT2D eigenvalue weighted by molar-refractivity contribution is 0.582. The maximum Gasteiger partial charge on any atom is 0.182 e. The maximum absolute atomic E-state index is 12.1. The van der Waals surface area contributed by atoms with E-state index in [9.17, 15) is 8.42 Å². The minimum atomic E-state index is -3.11. The topological polar surface area (TPSA) is 46.2 Å². The van der Waals surface area contributed by atoms with Crippen LogP contribution in [0, 0.1) is 13.8 Å². The van der Waals surface area contributed by atoms with E-state index in [1.807, 2.05) is 32.9 Å².